The van der Waals surface area contributed by atoms with Crippen LogP contribution in [0.5, 0.6) is 0 Å². The molecule has 1 atom stereocenters. The number of fused-ring (bicyclic) bond motifs is 1. The van der Waals surface area contributed by atoms with Crippen LogP contribution in [0, 0.1) is 0 Å². The summed E-state index contributed by atoms with van der Waals surface area (Å²) in [6.45, 7) is 5.15. The molecule has 0 spiro atoms. The standard InChI is InChI=1S/C21H26N6O/c1-17(28)26(14-18-11-22-16-23-12-18)20-5-4-8-25(10-7-20)15-19-13-24-27-9-3-2-6-21(19)27/h2-3,6,9,11-13,16,20H,4-5,7-8,10,14-15H2,1H3/t20-/m0/s1. The molecule has 1 aliphatic heterocycles. The van der Waals surface area contributed by atoms with Gasteiger partial charge in [0.2, 0.25) is 5.91 Å². The molecule has 0 saturated carbocycles. The average molecular weight is 378 g/mol. The van der Waals surface area contributed by atoms with Gasteiger partial charge < -0.3 is 4.90 Å². The summed E-state index contributed by atoms with van der Waals surface area (Å²) in [6.07, 6.45) is 12.1. The largest absolute Gasteiger partial charge is 0.335 e. The van der Waals surface area contributed by atoms with Crippen molar-refractivity contribution < 1.29 is 4.79 Å². The molecule has 0 unspecified atom stereocenters. The van der Waals surface area contributed by atoms with Gasteiger partial charge >= 0.3 is 0 Å². The van der Waals surface area contributed by atoms with E-state index in [9.17, 15) is 4.79 Å². The monoisotopic (exact) mass is 378 g/mol. The second-order valence-corrected chi connectivity index (χ2v) is 7.45. The Kier molecular flexibility index (Phi) is 5.62. The maximum absolute atomic E-state index is 12.3. The van der Waals surface area contributed by atoms with Gasteiger partial charge in [-0.1, -0.05) is 6.07 Å². The number of nitrogens with zero attached hydrogens (tertiary/aromatic N) is 6. The smallest absolute Gasteiger partial charge is 0.219 e. The van der Waals surface area contributed by atoms with Crippen LogP contribution in [-0.2, 0) is 17.9 Å². The predicted octanol–water partition coefficient (Wildman–Crippen LogP) is 2.53. The molecule has 1 amide bonds. The van der Waals surface area contributed by atoms with Gasteiger partial charge in [0.15, 0.2) is 0 Å². The molecule has 0 bridgehead atoms. The predicted molar refractivity (Wildman–Crippen MR) is 106 cm³/mol. The lowest BCUT2D eigenvalue weighted by Gasteiger charge is -2.30. The third-order valence-electron chi connectivity index (χ3n) is 5.50. The number of hydrogen-bond donors (Lipinski definition) is 0. The Labute approximate surface area is 165 Å². The van der Waals surface area contributed by atoms with Crippen molar-refractivity contribution in [3.8, 4) is 0 Å². The van der Waals surface area contributed by atoms with E-state index in [1.165, 1.54) is 11.9 Å². The minimum absolute atomic E-state index is 0.116. The van der Waals surface area contributed by atoms with Crippen molar-refractivity contribution in [3.05, 3.63) is 60.4 Å². The van der Waals surface area contributed by atoms with Crippen LogP contribution in [0.2, 0.25) is 0 Å². The Morgan fingerprint density at radius 2 is 2.04 bits per heavy atom. The van der Waals surface area contributed by atoms with E-state index in [0.717, 1.165) is 50.0 Å². The second kappa shape index (κ2) is 8.48. The van der Waals surface area contributed by atoms with E-state index in [2.05, 4.69) is 32.1 Å². The molecule has 1 saturated heterocycles. The normalized spacial score (nSPS) is 18.1. The van der Waals surface area contributed by atoms with Gasteiger partial charge in [-0.05, 0) is 37.9 Å². The topological polar surface area (TPSA) is 66.6 Å². The Bertz CT molecular complexity index is 925. The van der Waals surface area contributed by atoms with Gasteiger partial charge in [-0.3, -0.25) is 9.69 Å². The van der Waals surface area contributed by atoms with Crippen molar-refractivity contribution in [3.63, 3.8) is 0 Å². The Morgan fingerprint density at radius 3 is 2.86 bits per heavy atom. The van der Waals surface area contributed by atoms with Crippen LogP contribution in [0.1, 0.15) is 37.3 Å². The van der Waals surface area contributed by atoms with E-state index in [1.807, 2.05) is 27.9 Å². The lowest BCUT2D eigenvalue weighted by atomic mass is 10.1. The minimum Gasteiger partial charge on any atom is -0.335 e. The van der Waals surface area contributed by atoms with Crippen molar-refractivity contribution in [1.82, 2.24) is 29.4 Å². The molecule has 28 heavy (non-hydrogen) atoms. The maximum atomic E-state index is 12.3. The van der Waals surface area contributed by atoms with Gasteiger partial charge in [-0.15, -0.1) is 0 Å². The molecule has 7 nitrogen and oxygen atoms in total. The molecular weight excluding hydrogens is 352 g/mol. The van der Waals surface area contributed by atoms with Crippen LogP contribution in [-0.4, -0.2) is 54.4 Å². The van der Waals surface area contributed by atoms with Crippen LogP contribution in [0.4, 0.5) is 0 Å². The summed E-state index contributed by atoms with van der Waals surface area (Å²) in [4.78, 5) is 24.9. The average Bonchev–Trinajstić information content (AvgIpc) is 2.97. The first-order valence-corrected chi connectivity index (χ1v) is 9.85. The number of aromatic nitrogens is 4. The van der Waals surface area contributed by atoms with E-state index in [0.29, 0.717) is 6.54 Å². The molecule has 7 heteroatoms. The molecule has 3 aromatic rings. The zero-order chi connectivity index (χ0) is 19.3. The fourth-order valence-electron chi connectivity index (χ4n) is 4.06. The van der Waals surface area contributed by atoms with Gasteiger partial charge in [0.05, 0.1) is 11.7 Å². The molecule has 0 aromatic carbocycles. The molecule has 0 aliphatic carbocycles. The molecular formula is C21H26N6O. The van der Waals surface area contributed by atoms with Gasteiger partial charge in [0.1, 0.15) is 6.33 Å². The minimum atomic E-state index is 0.116. The van der Waals surface area contributed by atoms with Gasteiger partial charge in [-0.2, -0.15) is 5.10 Å². The number of carbonyl (C=O) groups excluding carboxylic acids is 1. The zero-order valence-electron chi connectivity index (χ0n) is 16.2. The lowest BCUT2D eigenvalue weighted by molar-refractivity contribution is -0.132. The van der Waals surface area contributed by atoms with Crippen molar-refractivity contribution in [2.45, 2.75) is 45.3 Å². The molecule has 4 heterocycles. The molecule has 0 N–H and O–H groups in total. The van der Waals surface area contributed by atoms with Crippen molar-refractivity contribution >= 4 is 11.4 Å². The maximum Gasteiger partial charge on any atom is 0.219 e. The summed E-state index contributed by atoms with van der Waals surface area (Å²) < 4.78 is 1.93. The van der Waals surface area contributed by atoms with Gasteiger partial charge in [0.25, 0.3) is 0 Å². The summed E-state index contributed by atoms with van der Waals surface area (Å²) in [5, 5.41) is 4.45. The van der Waals surface area contributed by atoms with Crippen LogP contribution in [0.25, 0.3) is 5.52 Å². The van der Waals surface area contributed by atoms with Crippen LogP contribution in [0.15, 0.2) is 49.3 Å². The summed E-state index contributed by atoms with van der Waals surface area (Å²) in [7, 11) is 0. The van der Waals surface area contributed by atoms with E-state index < -0.39 is 0 Å². The first kappa shape index (κ1) is 18.6. The highest BCUT2D eigenvalue weighted by Crippen LogP contribution is 2.21. The summed E-state index contributed by atoms with van der Waals surface area (Å²) in [5.74, 6) is 0.116. The molecule has 3 aromatic heterocycles. The quantitative estimate of drug-likeness (QED) is 0.683. The zero-order valence-corrected chi connectivity index (χ0v) is 16.2. The van der Waals surface area contributed by atoms with Crippen LogP contribution in [0.3, 0.4) is 0 Å². The number of hydrogen-bond acceptors (Lipinski definition) is 5. The number of amides is 1. The van der Waals surface area contributed by atoms with Crippen molar-refractivity contribution in [1.29, 1.82) is 0 Å². The Balaban J connectivity index is 1.41. The fraction of sp³-hybridized carbons (Fsp3) is 0.429. The first-order chi connectivity index (χ1) is 13.7. The van der Waals surface area contributed by atoms with Gasteiger partial charge in [-0.25, -0.2) is 14.5 Å². The lowest BCUT2D eigenvalue weighted by Crippen LogP contribution is -2.39. The highest BCUT2D eigenvalue weighted by atomic mass is 16.2. The van der Waals surface area contributed by atoms with E-state index >= 15 is 0 Å². The second-order valence-electron chi connectivity index (χ2n) is 7.45. The fourth-order valence-corrected chi connectivity index (χ4v) is 4.06. The molecule has 1 aliphatic rings. The number of carbonyl (C=O) groups is 1. The van der Waals surface area contributed by atoms with E-state index in [4.69, 9.17) is 0 Å². The first-order valence-electron chi connectivity index (χ1n) is 9.85. The summed E-state index contributed by atoms with van der Waals surface area (Å²) in [5.41, 5.74) is 3.40. The number of rotatable bonds is 5. The third kappa shape index (κ3) is 4.20. The van der Waals surface area contributed by atoms with Gasteiger partial charge in [0, 0.05) is 62.3 Å². The van der Waals surface area contributed by atoms with Crippen LogP contribution >= 0.6 is 0 Å². The highest BCUT2D eigenvalue weighted by molar-refractivity contribution is 5.73. The number of likely N-dealkylation sites (tertiary alicyclic amines) is 1. The van der Waals surface area contributed by atoms with Crippen molar-refractivity contribution in [2.24, 2.45) is 0 Å². The SMILES string of the molecule is CC(=O)N(Cc1cncnc1)[C@H]1CCCN(Cc2cnn3ccccc23)CC1. The Morgan fingerprint density at radius 1 is 1.18 bits per heavy atom. The molecule has 4 rings (SSSR count). The summed E-state index contributed by atoms with van der Waals surface area (Å²) in [6, 6.07) is 6.42. The summed E-state index contributed by atoms with van der Waals surface area (Å²) >= 11 is 0. The molecule has 146 valence electrons. The van der Waals surface area contributed by atoms with Crippen molar-refractivity contribution in [2.75, 3.05) is 13.1 Å². The third-order valence-corrected chi connectivity index (χ3v) is 5.50. The van der Waals surface area contributed by atoms with E-state index in [1.54, 1.807) is 19.3 Å². The number of pyridine rings is 1. The molecule has 0 radical (unpaired) electrons. The highest BCUT2D eigenvalue weighted by Gasteiger charge is 2.25. The van der Waals surface area contributed by atoms with E-state index in [-0.39, 0.29) is 11.9 Å². The molecule has 1 fully saturated rings. The Hall–Kier alpha value is -2.80. The van der Waals surface area contributed by atoms with Crippen LogP contribution < -0.4 is 0 Å².